The van der Waals surface area contributed by atoms with E-state index >= 15 is 0 Å². The van der Waals surface area contributed by atoms with E-state index in [0.717, 1.165) is 6.08 Å². The van der Waals surface area contributed by atoms with Crippen LogP contribution < -0.4 is 10.4 Å². The summed E-state index contributed by atoms with van der Waals surface area (Å²) in [6.45, 7) is 5.06. The lowest BCUT2D eigenvalue weighted by atomic mass is 9.83. The average molecular weight is 456 g/mol. The summed E-state index contributed by atoms with van der Waals surface area (Å²) in [5.74, 6) is -1.09. The third-order valence-corrected chi connectivity index (χ3v) is 6.23. The van der Waals surface area contributed by atoms with Crippen LogP contribution in [0.4, 0.5) is 0 Å². The Morgan fingerprint density at radius 3 is 2.26 bits per heavy atom. The fourth-order valence-electron chi connectivity index (χ4n) is 4.80. The van der Waals surface area contributed by atoms with E-state index in [0.29, 0.717) is 38.4 Å². The molecule has 0 aliphatic heterocycles. The Labute approximate surface area is 193 Å². The molecule has 170 valence electrons. The minimum Gasteiger partial charge on any atom is -0.507 e. The molecule has 1 aliphatic carbocycles. The number of phenolic OH excluding ortho intramolecular Hbond substituents is 2. The van der Waals surface area contributed by atoms with Gasteiger partial charge < -0.3 is 19.4 Å². The number of aryl methyl sites for hydroxylation is 3. The summed E-state index contributed by atoms with van der Waals surface area (Å²) in [5.41, 5.74) is 0.445. The van der Waals surface area contributed by atoms with Crippen molar-refractivity contribution < 1.29 is 29.0 Å². The Bertz CT molecular complexity index is 1690. The maximum absolute atomic E-state index is 13.4. The van der Waals surface area contributed by atoms with Crippen molar-refractivity contribution in [1.82, 2.24) is 0 Å². The van der Waals surface area contributed by atoms with Crippen LogP contribution in [0.3, 0.4) is 0 Å². The third-order valence-electron chi connectivity index (χ3n) is 6.23. The van der Waals surface area contributed by atoms with Crippen LogP contribution in [0.15, 0.2) is 45.6 Å². The Morgan fingerprint density at radius 2 is 1.56 bits per heavy atom. The standard InChI is InChI=1S/C27H20O7/c1-11-5-16-18(28)10-17(25(30)23(16)19(29)6-11)24-20(33-4)9-15-8-14-7-12(2)34-27(32)22(14)13(3)21(15)26(24)31/h5-10,29,31H,1-4H3. The number of allylic oxidation sites excluding steroid dienone is 2. The number of benzene rings is 3. The normalized spacial score (nSPS) is 13.4. The summed E-state index contributed by atoms with van der Waals surface area (Å²) < 4.78 is 10.7. The van der Waals surface area contributed by atoms with Crippen LogP contribution in [0.2, 0.25) is 0 Å². The largest absolute Gasteiger partial charge is 0.507 e. The van der Waals surface area contributed by atoms with Gasteiger partial charge in [0.1, 0.15) is 23.0 Å². The number of hydrogen-bond donors (Lipinski definition) is 2. The molecule has 0 saturated carbocycles. The van der Waals surface area contributed by atoms with Gasteiger partial charge >= 0.3 is 5.63 Å². The van der Waals surface area contributed by atoms with E-state index in [1.54, 1.807) is 39.0 Å². The highest BCUT2D eigenvalue weighted by Crippen LogP contribution is 2.46. The summed E-state index contributed by atoms with van der Waals surface area (Å²) in [4.78, 5) is 38.9. The number of methoxy groups -OCH3 is 1. The van der Waals surface area contributed by atoms with Gasteiger partial charge in [-0.05, 0) is 79.1 Å². The summed E-state index contributed by atoms with van der Waals surface area (Å²) in [6, 6.07) is 8.05. The van der Waals surface area contributed by atoms with Crippen molar-refractivity contribution in [3.63, 3.8) is 0 Å². The highest BCUT2D eigenvalue weighted by atomic mass is 16.5. The van der Waals surface area contributed by atoms with Crippen LogP contribution in [-0.4, -0.2) is 28.9 Å². The van der Waals surface area contributed by atoms with E-state index in [-0.39, 0.29) is 39.5 Å². The van der Waals surface area contributed by atoms with E-state index in [2.05, 4.69) is 0 Å². The van der Waals surface area contributed by atoms with E-state index in [4.69, 9.17) is 9.15 Å². The lowest BCUT2D eigenvalue weighted by Crippen LogP contribution is -2.17. The van der Waals surface area contributed by atoms with Gasteiger partial charge in [0.15, 0.2) is 11.6 Å². The summed E-state index contributed by atoms with van der Waals surface area (Å²) in [6.07, 6.45) is 1.14. The van der Waals surface area contributed by atoms with Crippen molar-refractivity contribution in [2.75, 3.05) is 7.11 Å². The van der Waals surface area contributed by atoms with Crippen LogP contribution in [0.1, 0.15) is 43.2 Å². The molecule has 2 N–H and O–H groups in total. The number of ether oxygens (including phenoxy) is 1. The van der Waals surface area contributed by atoms with Crippen molar-refractivity contribution >= 4 is 38.7 Å². The molecular weight excluding hydrogens is 436 g/mol. The van der Waals surface area contributed by atoms with E-state index in [1.807, 2.05) is 0 Å². The molecule has 1 heterocycles. The molecule has 1 aromatic heterocycles. The molecule has 7 heteroatoms. The lowest BCUT2D eigenvalue weighted by Gasteiger charge is -2.21. The highest BCUT2D eigenvalue weighted by Gasteiger charge is 2.33. The monoisotopic (exact) mass is 456 g/mol. The zero-order chi connectivity index (χ0) is 24.5. The topological polar surface area (TPSA) is 114 Å². The first kappa shape index (κ1) is 21.5. The predicted molar refractivity (Wildman–Crippen MR) is 127 cm³/mol. The Hall–Kier alpha value is -4.39. The number of fused-ring (bicyclic) bond motifs is 3. The van der Waals surface area contributed by atoms with Gasteiger partial charge in [0.25, 0.3) is 0 Å². The first-order valence-corrected chi connectivity index (χ1v) is 10.5. The molecule has 0 bridgehead atoms. The van der Waals surface area contributed by atoms with Crippen LogP contribution in [-0.2, 0) is 0 Å². The van der Waals surface area contributed by atoms with Crippen molar-refractivity contribution in [3.05, 3.63) is 80.4 Å². The number of phenols is 2. The molecule has 34 heavy (non-hydrogen) atoms. The number of hydrogen-bond acceptors (Lipinski definition) is 7. The molecule has 5 rings (SSSR count). The first-order chi connectivity index (χ1) is 16.1. The molecule has 0 radical (unpaired) electrons. The second-order valence-electron chi connectivity index (χ2n) is 8.47. The number of Topliss-reactive ketones (excluding diaryl/α,β-unsaturated/α-hetero) is 1. The summed E-state index contributed by atoms with van der Waals surface area (Å²) in [7, 11) is 1.39. The molecule has 0 unspecified atom stereocenters. The Kier molecular flexibility index (Phi) is 4.61. The zero-order valence-corrected chi connectivity index (χ0v) is 18.9. The number of carbonyl (C=O) groups is 2. The molecule has 0 fully saturated rings. The van der Waals surface area contributed by atoms with Crippen molar-refractivity contribution in [2.45, 2.75) is 20.8 Å². The third kappa shape index (κ3) is 2.94. The second kappa shape index (κ2) is 7.31. The van der Waals surface area contributed by atoms with E-state index in [1.165, 1.54) is 19.2 Å². The van der Waals surface area contributed by atoms with Crippen molar-refractivity contribution in [2.24, 2.45) is 0 Å². The summed E-state index contributed by atoms with van der Waals surface area (Å²) in [5, 5.41) is 23.7. The smallest absolute Gasteiger partial charge is 0.344 e. The highest BCUT2D eigenvalue weighted by molar-refractivity contribution is 6.40. The number of ketones is 2. The van der Waals surface area contributed by atoms with Gasteiger partial charge in [0, 0.05) is 16.5 Å². The van der Waals surface area contributed by atoms with Crippen LogP contribution in [0.5, 0.6) is 17.2 Å². The molecule has 1 aliphatic rings. The maximum Gasteiger partial charge on any atom is 0.344 e. The molecular formula is C27H20O7. The fourth-order valence-corrected chi connectivity index (χ4v) is 4.80. The Balaban J connectivity index is 1.86. The lowest BCUT2D eigenvalue weighted by molar-refractivity contribution is 0.0999. The quantitative estimate of drug-likeness (QED) is 0.418. The number of aromatic hydroxyl groups is 2. The minimum absolute atomic E-state index is 0.0120. The van der Waals surface area contributed by atoms with Gasteiger partial charge in [-0.25, -0.2) is 4.79 Å². The van der Waals surface area contributed by atoms with Gasteiger partial charge in [-0.1, -0.05) is 0 Å². The van der Waals surface area contributed by atoms with Crippen molar-refractivity contribution in [1.29, 1.82) is 0 Å². The molecule has 7 nitrogen and oxygen atoms in total. The first-order valence-electron chi connectivity index (χ1n) is 10.5. The van der Waals surface area contributed by atoms with Gasteiger partial charge in [0.2, 0.25) is 0 Å². The molecule has 0 saturated heterocycles. The van der Waals surface area contributed by atoms with Crippen LogP contribution >= 0.6 is 0 Å². The second-order valence-corrected chi connectivity index (χ2v) is 8.47. The molecule has 0 amide bonds. The fraction of sp³-hybridized carbons (Fsp3) is 0.148. The van der Waals surface area contributed by atoms with Gasteiger partial charge in [-0.3, -0.25) is 9.59 Å². The maximum atomic E-state index is 13.4. The molecule has 0 atom stereocenters. The average Bonchev–Trinajstić information content (AvgIpc) is 2.75. The van der Waals surface area contributed by atoms with Gasteiger partial charge in [-0.2, -0.15) is 0 Å². The predicted octanol–water partition coefficient (Wildman–Crippen LogP) is 4.75. The molecule has 0 spiro atoms. The van der Waals surface area contributed by atoms with E-state index < -0.39 is 17.2 Å². The minimum atomic E-state index is -0.617. The Morgan fingerprint density at radius 1 is 0.853 bits per heavy atom. The molecule has 3 aromatic carbocycles. The van der Waals surface area contributed by atoms with Crippen molar-refractivity contribution in [3.8, 4) is 17.2 Å². The van der Waals surface area contributed by atoms with Crippen LogP contribution in [0, 0.1) is 20.8 Å². The summed E-state index contributed by atoms with van der Waals surface area (Å²) >= 11 is 0. The van der Waals surface area contributed by atoms with Gasteiger partial charge in [-0.15, -0.1) is 0 Å². The number of rotatable bonds is 2. The van der Waals surface area contributed by atoms with Gasteiger partial charge in [0.05, 0.1) is 23.6 Å². The SMILES string of the molecule is COc1cc2cc3cc(C)oc(=O)c3c(C)c2c(O)c1C1=CC(=O)c2cc(C)cc(O)c2C1=O. The van der Waals surface area contributed by atoms with Crippen LogP contribution in [0.25, 0.3) is 27.1 Å². The zero-order valence-electron chi connectivity index (χ0n) is 18.9. The number of carbonyl (C=O) groups excluding carboxylic acids is 2. The molecule has 4 aromatic rings. The van der Waals surface area contributed by atoms with E-state index in [9.17, 15) is 24.6 Å².